The number of nitrogens with zero attached hydrogens (tertiary/aromatic N) is 3. The molecule has 0 unspecified atom stereocenters. The van der Waals surface area contributed by atoms with E-state index in [0.717, 1.165) is 25.2 Å². The molecule has 1 aliphatic heterocycles. The Morgan fingerprint density at radius 3 is 3.00 bits per heavy atom. The Bertz CT molecular complexity index is 401. The fourth-order valence-corrected chi connectivity index (χ4v) is 1.86. The highest BCUT2D eigenvalue weighted by molar-refractivity contribution is 5.44. The van der Waals surface area contributed by atoms with Crippen molar-refractivity contribution in [1.82, 2.24) is 9.78 Å². The number of rotatable bonds is 2. The molecule has 1 fully saturated rings. The predicted octanol–water partition coefficient (Wildman–Crippen LogP) is -0.199. The van der Waals surface area contributed by atoms with Crippen molar-refractivity contribution in [2.45, 2.75) is 25.9 Å². The number of nitrogens with two attached hydrogens (primary N) is 1. The zero-order chi connectivity index (χ0) is 10.8. The van der Waals surface area contributed by atoms with E-state index < -0.39 is 0 Å². The number of hydrogen-bond donors (Lipinski definition) is 1. The molecule has 0 spiro atoms. The summed E-state index contributed by atoms with van der Waals surface area (Å²) in [5, 5.41) is 4.09. The molecule has 15 heavy (non-hydrogen) atoms. The van der Waals surface area contributed by atoms with Gasteiger partial charge in [-0.1, -0.05) is 0 Å². The summed E-state index contributed by atoms with van der Waals surface area (Å²) >= 11 is 0. The molecule has 1 atom stereocenters. The molecule has 5 heteroatoms. The van der Waals surface area contributed by atoms with Crippen molar-refractivity contribution in [1.29, 1.82) is 0 Å². The Balaban J connectivity index is 2.23. The summed E-state index contributed by atoms with van der Waals surface area (Å²) in [5.41, 5.74) is 6.65. The molecule has 0 aliphatic carbocycles. The maximum absolute atomic E-state index is 11.6. The molecule has 82 valence electrons. The molecule has 5 nitrogen and oxygen atoms in total. The summed E-state index contributed by atoms with van der Waals surface area (Å²) in [6.07, 6.45) is 2.72. The van der Waals surface area contributed by atoms with Crippen LogP contribution >= 0.6 is 0 Å². The van der Waals surface area contributed by atoms with Crippen LogP contribution in [0.5, 0.6) is 0 Å². The van der Waals surface area contributed by atoms with Crippen LogP contribution in [0, 0.1) is 0 Å². The third-order valence-electron chi connectivity index (χ3n) is 2.74. The van der Waals surface area contributed by atoms with Crippen LogP contribution < -0.4 is 16.2 Å². The van der Waals surface area contributed by atoms with Crippen molar-refractivity contribution in [3.8, 4) is 0 Å². The molecule has 1 aromatic rings. The maximum atomic E-state index is 11.6. The van der Waals surface area contributed by atoms with E-state index in [2.05, 4.69) is 10.00 Å². The van der Waals surface area contributed by atoms with Crippen LogP contribution in [0.25, 0.3) is 0 Å². The van der Waals surface area contributed by atoms with Gasteiger partial charge in [0.25, 0.3) is 5.56 Å². The molecular weight excluding hydrogens is 192 g/mol. The third-order valence-corrected chi connectivity index (χ3v) is 2.74. The quantitative estimate of drug-likeness (QED) is 0.731. The fraction of sp³-hybridized carbons (Fsp3) is 0.600. The first-order valence-corrected chi connectivity index (χ1v) is 5.28. The minimum atomic E-state index is -0.0459. The second-order valence-corrected chi connectivity index (χ2v) is 3.86. The molecule has 2 rings (SSSR count). The van der Waals surface area contributed by atoms with Crippen molar-refractivity contribution in [3.05, 3.63) is 22.6 Å². The summed E-state index contributed by atoms with van der Waals surface area (Å²) in [7, 11) is 0. The highest BCUT2D eigenvalue weighted by Crippen LogP contribution is 2.16. The van der Waals surface area contributed by atoms with Crippen molar-refractivity contribution in [2.24, 2.45) is 5.73 Å². The van der Waals surface area contributed by atoms with Gasteiger partial charge in [0.1, 0.15) is 0 Å². The summed E-state index contributed by atoms with van der Waals surface area (Å²) in [6.45, 7) is 4.24. The molecule has 0 saturated carbocycles. The SMILES string of the molecule is CCn1ncc(N2CC[C@H](N)C2)cc1=O. The van der Waals surface area contributed by atoms with Crippen molar-refractivity contribution < 1.29 is 0 Å². The van der Waals surface area contributed by atoms with E-state index in [4.69, 9.17) is 5.73 Å². The molecule has 0 aromatic carbocycles. The van der Waals surface area contributed by atoms with Gasteiger partial charge in [-0.2, -0.15) is 5.10 Å². The van der Waals surface area contributed by atoms with Crippen LogP contribution in [0.1, 0.15) is 13.3 Å². The van der Waals surface area contributed by atoms with Crippen LogP contribution in [-0.4, -0.2) is 28.9 Å². The maximum Gasteiger partial charge on any atom is 0.268 e. The molecule has 1 aromatic heterocycles. The number of aromatic nitrogens is 2. The van der Waals surface area contributed by atoms with Gasteiger partial charge < -0.3 is 10.6 Å². The largest absolute Gasteiger partial charge is 0.368 e. The Kier molecular flexibility index (Phi) is 2.73. The van der Waals surface area contributed by atoms with E-state index in [-0.39, 0.29) is 11.6 Å². The van der Waals surface area contributed by atoms with Crippen molar-refractivity contribution in [3.63, 3.8) is 0 Å². The average molecular weight is 208 g/mol. The van der Waals surface area contributed by atoms with Gasteiger partial charge in [0.05, 0.1) is 11.9 Å². The van der Waals surface area contributed by atoms with Gasteiger partial charge >= 0.3 is 0 Å². The zero-order valence-corrected chi connectivity index (χ0v) is 8.89. The molecule has 0 amide bonds. The Morgan fingerprint density at radius 1 is 1.67 bits per heavy atom. The topological polar surface area (TPSA) is 64.2 Å². The van der Waals surface area contributed by atoms with E-state index in [1.807, 2.05) is 6.92 Å². The van der Waals surface area contributed by atoms with Crippen LogP contribution in [0.4, 0.5) is 5.69 Å². The van der Waals surface area contributed by atoms with Gasteiger partial charge in [0.2, 0.25) is 0 Å². The van der Waals surface area contributed by atoms with E-state index in [0.29, 0.717) is 6.54 Å². The second-order valence-electron chi connectivity index (χ2n) is 3.86. The lowest BCUT2D eigenvalue weighted by atomic mass is 10.3. The molecule has 0 radical (unpaired) electrons. The van der Waals surface area contributed by atoms with Gasteiger partial charge in [-0.15, -0.1) is 0 Å². The van der Waals surface area contributed by atoms with Gasteiger partial charge in [0.15, 0.2) is 0 Å². The van der Waals surface area contributed by atoms with Gasteiger partial charge in [0, 0.05) is 31.7 Å². The first-order chi connectivity index (χ1) is 7.20. The van der Waals surface area contributed by atoms with E-state index >= 15 is 0 Å². The summed E-state index contributed by atoms with van der Waals surface area (Å²) in [5.74, 6) is 0. The van der Waals surface area contributed by atoms with Gasteiger partial charge in [-0.3, -0.25) is 4.79 Å². The Morgan fingerprint density at radius 2 is 2.47 bits per heavy atom. The lowest BCUT2D eigenvalue weighted by Gasteiger charge is -2.17. The lowest BCUT2D eigenvalue weighted by Crippen LogP contribution is -2.29. The van der Waals surface area contributed by atoms with Crippen LogP contribution in [0.3, 0.4) is 0 Å². The molecule has 2 heterocycles. The average Bonchev–Trinajstić information content (AvgIpc) is 2.65. The van der Waals surface area contributed by atoms with E-state index in [9.17, 15) is 4.79 Å². The van der Waals surface area contributed by atoms with Crippen molar-refractivity contribution >= 4 is 5.69 Å². The molecule has 1 aliphatic rings. The fourth-order valence-electron chi connectivity index (χ4n) is 1.86. The summed E-state index contributed by atoms with van der Waals surface area (Å²) < 4.78 is 1.44. The minimum absolute atomic E-state index is 0.0459. The smallest absolute Gasteiger partial charge is 0.268 e. The molecule has 1 saturated heterocycles. The number of hydrogen-bond acceptors (Lipinski definition) is 4. The highest BCUT2D eigenvalue weighted by atomic mass is 16.1. The summed E-state index contributed by atoms with van der Waals surface area (Å²) in [6, 6.07) is 1.85. The van der Waals surface area contributed by atoms with Crippen LogP contribution in [0.15, 0.2) is 17.1 Å². The van der Waals surface area contributed by atoms with Crippen LogP contribution in [-0.2, 0) is 6.54 Å². The highest BCUT2D eigenvalue weighted by Gasteiger charge is 2.19. The van der Waals surface area contributed by atoms with Gasteiger partial charge in [-0.05, 0) is 13.3 Å². The zero-order valence-electron chi connectivity index (χ0n) is 8.89. The Hall–Kier alpha value is -1.36. The first kappa shape index (κ1) is 10.2. The minimum Gasteiger partial charge on any atom is -0.368 e. The predicted molar refractivity (Wildman–Crippen MR) is 59.0 cm³/mol. The lowest BCUT2D eigenvalue weighted by molar-refractivity contribution is 0.614. The second kappa shape index (κ2) is 4.02. The van der Waals surface area contributed by atoms with E-state index in [1.165, 1.54) is 4.68 Å². The van der Waals surface area contributed by atoms with Crippen LogP contribution in [0.2, 0.25) is 0 Å². The Labute approximate surface area is 88.5 Å². The third kappa shape index (κ3) is 2.02. The monoisotopic (exact) mass is 208 g/mol. The number of anilines is 1. The molecule has 2 N–H and O–H groups in total. The summed E-state index contributed by atoms with van der Waals surface area (Å²) in [4.78, 5) is 13.7. The van der Waals surface area contributed by atoms with Gasteiger partial charge in [-0.25, -0.2) is 4.68 Å². The first-order valence-electron chi connectivity index (χ1n) is 5.28. The standard InChI is InChI=1S/C10H16N4O/c1-2-14-10(15)5-9(6-12-14)13-4-3-8(11)7-13/h5-6,8H,2-4,7,11H2,1H3/t8-/m0/s1. The molecule has 0 bridgehead atoms. The normalized spacial score (nSPS) is 20.9. The molecular formula is C10H16N4O. The van der Waals surface area contributed by atoms with Crippen molar-refractivity contribution in [2.75, 3.05) is 18.0 Å². The van der Waals surface area contributed by atoms with E-state index in [1.54, 1.807) is 12.3 Å². The number of aryl methyl sites for hydroxylation is 1.